The molecule has 0 bridgehead atoms. The Kier molecular flexibility index (Phi) is 5.42. The summed E-state index contributed by atoms with van der Waals surface area (Å²) in [4.78, 5) is 18.2. The molecule has 1 aliphatic rings. The molecule has 136 valence electrons. The number of ether oxygens (including phenoxy) is 2. The number of pyridine rings is 1. The normalized spacial score (nSPS) is 16.8. The minimum atomic E-state index is -0.106. The summed E-state index contributed by atoms with van der Waals surface area (Å²) in [6.07, 6.45) is 3.56. The highest BCUT2D eigenvalue weighted by Crippen LogP contribution is 2.34. The third-order valence-corrected chi connectivity index (χ3v) is 4.61. The summed E-state index contributed by atoms with van der Waals surface area (Å²) < 4.78 is 10.7. The summed E-state index contributed by atoms with van der Waals surface area (Å²) in [5, 5.41) is 13.2. The van der Waals surface area contributed by atoms with Crippen LogP contribution in [-0.4, -0.2) is 49.1 Å². The molecule has 1 aliphatic heterocycles. The summed E-state index contributed by atoms with van der Waals surface area (Å²) in [5.41, 5.74) is 1.75. The maximum Gasteiger partial charge on any atom is 0.236 e. The van der Waals surface area contributed by atoms with Gasteiger partial charge in [0.1, 0.15) is 6.42 Å². The molecule has 7 heteroatoms. The monoisotopic (exact) mass is 354 g/mol. The summed E-state index contributed by atoms with van der Waals surface area (Å²) >= 11 is 0. The SMILES string of the molecule is COc1cc2nccc(N[C@H]3CCCN(C(=O)CC#N)C3)c2cc1OC. The number of nitriles is 1. The molecule has 0 saturated carbocycles. The number of amides is 1. The molecule has 0 spiro atoms. The molecular formula is C19H22N4O3. The zero-order chi connectivity index (χ0) is 18.5. The van der Waals surface area contributed by atoms with Gasteiger partial charge in [0.2, 0.25) is 5.91 Å². The molecular weight excluding hydrogens is 332 g/mol. The Balaban J connectivity index is 1.84. The van der Waals surface area contributed by atoms with Crippen LogP contribution in [0.1, 0.15) is 19.3 Å². The highest BCUT2D eigenvalue weighted by Gasteiger charge is 2.24. The fourth-order valence-electron chi connectivity index (χ4n) is 3.32. The van der Waals surface area contributed by atoms with Gasteiger partial charge in [-0.15, -0.1) is 0 Å². The van der Waals surface area contributed by atoms with Crippen LogP contribution in [0.4, 0.5) is 5.69 Å². The lowest BCUT2D eigenvalue weighted by Gasteiger charge is -2.33. The second kappa shape index (κ2) is 7.91. The van der Waals surface area contributed by atoms with E-state index in [2.05, 4.69) is 10.3 Å². The molecule has 2 heterocycles. The van der Waals surface area contributed by atoms with Crippen molar-refractivity contribution in [1.82, 2.24) is 9.88 Å². The van der Waals surface area contributed by atoms with Crippen LogP contribution in [0.15, 0.2) is 24.4 Å². The number of hydrogen-bond acceptors (Lipinski definition) is 6. The number of methoxy groups -OCH3 is 2. The van der Waals surface area contributed by atoms with Crippen molar-refractivity contribution in [2.45, 2.75) is 25.3 Å². The highest BCUT2D eigenvalue weighted by atomic mass is 16.5. The van der Waals surface area contributed by atoms with Crippen molar-refractivity contribution in [2.24, 2.45) is 0 Å². The average molecular weight is 354 g/mol. The number of nitrogens with zero attached hydrogens (tertiary/aromatic N) is 3. The first-order chi connectivity index (χ1) is 12.7. The molecule has 1 atom stereocenters. The number of piperidine rings is 1. The van der Waals surface area contributed by atoms with Gasteiger partial charge in [0.15, 0.2) is 11.5 Å². The van der Waals surface area contributed by atoms with E-state index in [0.29, 0.717) is 24.6 Å². The lowest BCUT2D eigenvalue weighted by Crippen LogP contribution is -2.45. The van der Waals surface area contributed by atoms with Crippen molar-refractivity contribution in [1.29, 1.82) is 5.26 Å². The standard InChI is InChI=1S/C19H22N4O3/c1-25-17-10-14-15(6-8-21-16(14)11-18(17)26-2)22-13-4-3-9-23(12-13)19(24)5-7-20/h6,8,10-11,13H,3-5,9,12H2,1-2H3,(H,21,22)/t13-/m0/s1. The lowest BCUT2D eigenvalue weighted by molar-refractivity contribution is -0.131. The van der Waals surface area contributed by atoms with Gasteiger partial charge < -0.3 is 19.7 Å². The average Bonchev–Trinajstić information content (AvgIpc) is 2.67. The second-order valence-electron chi connectivity index (χ2n) is 6.24. The molecule has 3 rings (SSSR count). The van der Waals surface area contributed by atoms with Gasteiger partial charge >= 0.3 is 0 Å². The Hall–Kier alpha value is -3.01. The Labute approximate surface area is 152 Å². The van der Waals surface area contributed by atoms with Gasteiger partial charge in [0, 0.05) is 42.5 Å². The number of nitrogens with one attached hydrogen (secondary N) is 1. The van der Waals surface area contributed by atoms with Crippen molar-refractivity contribution < 1.29 is 14.3 Å². The van der Waals surface area contributed by atoms with E-state index in [4.69, 9.17) is 14.7 Å². The van der Waals surface area contributed by atoms with Crippen molar-refractivity contribution in [3.05, 3.63) is 24.4 Å². The summed E-state index contributed by atoms with van der Waals surface area (Å²) in [6, 6.07) is 7.74. The minimum Gasteiger partial charge on any atom is -0.493 e. The van der Waals surface area contributed by atoms with E-state index in [-0.39, 0.29) is 18.4 Å². The first kappa shape index (κ1) is 17.8. The van der Waals surface area contributed by atoms with Crippen molar-refractivity contribution in [3.8, 4) is 17.6 Å². The second-order valence-corrected chi connectivity index (χ2v) is 6.24. The third-order valence-electron chi connectivity index (χ3n) is 4.61. The van der Waals surface area contributed by atoms with Gasteiger partial charge in [-0.3, -0.25) is 9.78 Å². The first-order valence-electron chi connectivity index (χ1n) is 8.58. The maximum atomic E-state index is 12.0. The predicted molar refractivity (Wildman–Crippen MR) is 98.3 cm³/mol. The van der Waals surface area contributed by atoms with Gasteiger partial charge in [0.05, 0.1) is 25.8 Å². The van der Waals surface area contributed by atoms with Crippen molar-refractivity contribution >= 4 is 22.5 Å². The van der Waals surface area contributed by atoms with Gasteiger partial charge in [-0.1, -0.05) is 0 Å². The number of carbonyl (C=O) groups excluding carboxylic acids is 1. The number of fused-ring (bicyclic) bond motifs is 1. The van der Waals surface area contributed by atoms with E-state index in [1.165, 1.54) is 0 Å². The number of anilines is 1. The zero-order valence-corrected chi connectivity index (χ0v) is 15.0. The minimum absolute atomic E-state index is 0.0676. The van der Waals surface area contributed by atoms with Crippen molar-refractivity contribution in [2.75, 3.05) is 32.6 Å². The smallest absolute Gasteiger partial charge is 0.236 e. The van der Waals surface area contributed by atoms with Crippen LogP contribution < -0.4 is 14.8 Å². The fourth-order valence-corrected chi connectivity index (χ4v) is 3.32. The van der Waals surface area contributed by atoms with E-state index in [1.807, 2.05) is 24.3 Å². The summed E-state index contributed by atoms with van der Waals surface area (Å²) in [5.74, 6) is 1.17. The molecule has 0 radical (unpaired) electrons. The van der Waals surface area contributed by atoms with Crippen LogP contribution in [0.25, 0.3) is 10.9 Å². The largest absolute Gasteiger partial charge is 0.493 e. The Morgan fingerprint density at radius 1 is 1.38 bits per heavy atom. The van der Waals surface area contributed by atoms with Crippen LogP contribution in [-0.2, 0) is 4.79 Å². The molecule has 1 amide bonds. The maximum absolute atomic E-state index is 12.0. The highest BCUT2D eigenvalue weighted by molar-refractivity contribution is 5.93. The van der Waals surface area contributed by atoms with Crippen LogP contribution >= 0.6 is 0 Å². The van der Waals surface area contributed by atoms with Gasteiger partial charge in [0.25, 0.3) is 0 Å². The molecule has 1 aromatic carbocycles. The third kappa shape index (κ3) is 3.64. The molecule has 7 nitrogen and oxygen atoms in total. The molecule has 1 aromatic heterocycles. The van der Waals surface area contributed by atoms with E-state index < -0.39 is 0 Å². The number of benzene rings is 1. The van der Waals surface area contributed by atoms with Crippen molar-refractivity contribution in [3.63, 3.8) is 0 Å². The zero-order valence-electron chi connectivity index (χ0n) is 15.0. The van der Waals surface area contributed by atoms with Gasteiger partial charge in [-0.25, -0.2) is 0 Å². The predicted octanol–water partition coefficient (Wildman–Crippen LogP) is 2.57. The Bertz CT molecular complexity index is 847. The van der Waals surface area contributed by atoms with Gasteiger partial charge in [-0.2, -0.15) is 5.26 Å². The van der Waals surface area contributed by atoms with Crippen LogP contribution in [0.5, 0.6) is 11.5 Å². The fraction of sp³-hybridized carbons (Fsp3) is 0.421. The number of likely N-dealkylation sites (tertiary alicyclic amines) is 1. The quantitative estimate of drug-likeness (QED) is 0.888. The number of aromatic nitrogens is 1. The van der Waals surface area contributed by atoms with Crippen LogP contribution in [0.2, 0.25) is 0 Å². The van der Waals surface area contributed by atoms with Gasteiger partial charge in [-0.05, 0) is 25.0 Å². The van der Waals surface area contributed by atoms with E-state index in [9.17, 15) is 4.79 Å². The number of carbonyl (C=O) groups is 1. The molecule has 26 heavy (non-hydrogen) atoms. The molecule has 2 aromatic rings. The first-order valence-corrected chi connectivity index (χ1v) is 8.58. The van der Waals surface area contributed by atoms with E-state index in [0.717, 1.165) is 29.4 Å². The van der Waals surface area contributed by atoms with Crippen LogP contribution in [0, 0.1) is 11.3 Å². The Morgan fingerprint density at radius 2 is 2.15 bits per heavy atom. The number of hydrogen-bond donors (Lipinski definition) is 1. The topological polar surface area (TPSA) is 87.5 Å². The lowest BCUT2D eigenvalue weighted by atomic mass is 10.0. The molecule has 1 N–H and O–H groups in total. The van der Waals surface area contributed by atoms with E-state index >= 15 is 0 Å². The van der Waals surface area contributed by atoms with E-state index in [1.54, 1.807) is 25.3 Å². The molecule has 1 fully saturated rings. The summed E-state index contributed by atoms with van der Waals surface area (Å²) in [6.45, 7) is 1.30. The molecule has 1 saturated heterocycles. The number of rotatable bonds is 5. The summed E-state index contributed by atoms with van der Waals surface area (Å²) in [7, 11) is 3.20. The molecule has 0 aliphatic carbocycles. The Morgan fingerprint density at radius 3 is 2.88 bits per heavy atom. The van der Waals surface area contributed by atoms with Crippen LogP contribution in [0.3, 0.4) is 0 Å². The molecule has 0 unspecified atom stereocenters.